The minimum atomic E-state index is -0.761. The number of carbonyl (C=O) groups is 2. The highest BCUT2D eigenvalue weighted by molar-refractivity contribution is 6.09. The van der Waals surface area contributed by atoms with E-state index in [2.05, 4.69) is 20.6 Å². The fraction of sp³-hybridized carbons (Fsp3) is 0.269. The first kappa shape index (κ1) is 22.5. The molecule has 2 atom stereocenters. The third-order valence-corrected chi connectivity index (χ3v) is 5.75. The number of hydrogen-bond acceptors (Lipinski definition) is 4. The Hall–Kier alpha value is -3.71. The van der Waals surface area contributed by atoms with Crippen molar-refractivity contribution >= 4 is 33.6 Å². The van der Waals surface area contributed by atoms with E-state index in [-0.39, 0.29) is 24.1 Å². The summed E-state index contributed by atoms with van der Waals surface area (Å²) in [6.07, 6.45) is 2.14. The highest BCUT2D eigenvalue weighted by Gasteiger charge is 2.27. The summed E-state index contributed by atoms with van der Waals surface area (Å²) < 4.78 is 0. The summed E-state index contributed by atoms with van der Waals surface area (Å²) >= 11 is 0. The molecule has 0 aliphatic carbocycles. The fourth-order valence-electron chi connectivity index (χ4n) is 3.98. The number of aliphatic hydroxyl groups excluding tert-OH is 1. The Morgan fingerprint density at radius 2 is 1.70 bits per heavy atom. The molecule has 2 amide bonds. The van der Waals surface area contributed by atoms with Crippen molar-refractivity contribution < 1.29 is 14.7 Å². The molecular weight excluding hydrogens is 416 g/mol. The molecule has 170 valence electrons. The van der Waals surface area contributed by atoms with Gasteiger partial charge in [-0.15, -0.1) is 0 Å². The number of carbonyl (C=O) groups excluding carboxylic acids is 2. The number of para-hydroxylation sites is 1. The molecule has 4 N–H and O–H groups in total. The Labute approximate surface area is 192 Å². The lowest BCUT2D eigenvalue weighted by Gasteiger charge is -2.25. The second-order valence-corrected chi connectivity index (χ2v) is 8.56. The number of nitrogens with zero attached hydrogens (tertiary/aromatic N) is 1. The zero-order chi connectivity index (χ0) is 23.4. The van der Waals surface area contributed by atoms with Gasteiger partial charge in [-0.25, -0.2) is 4.98 Å². The second kappa shape index (κ2) is 9.83. The average Bonchev–Trinajstić information content (AvgIpc) is 3.20. The SMILES string of the molecule is CC(C)C(NC(=O)c1cc2c(cn1)[nH]c1ccccc12)C(=O)NC(CO)Cc1ccccc1. The van der Waals surface area contributed by atoms with E-state index in [4.69, 9.17) is 0 Å². The van der Waals surface area contributed by atoms with Crippen molar-refractivity contribution in [2.24, 2.45) is 5.92 Å². The van der Waals surface area contributed by atoms with E-state index >= 15 is 0 Å². The Morgan fingerprint density at radius 3 is 2.42 bits per heavy atom. The first-order valence-corrected chi connectivity index (χ1v) is 11.1. The van der Waals surface area contributed by atoms with Gasteiger partial charge in [-0.3, -0.25) is 9.59 Å². The molecular formula is C26H28N4O3. The normalized spacial score (nSPS) is 13.2. The molecule has 0 radical (unpaired) electrons. The van der Waals surface area contributed by atoms with Gasteiger partial charge in [0.15, 0.2) is 0 Å². The van der Waals surface area contributed by atoms with Crippen LogP contribution in [-0.4, -0.2) is 45.6 Å². The monoisotopic (exact) mass is 444 g/mol. The quantitative estimate of drug-likeness (QED) is 0.335. The van der Waals surface area contributed by atoms with Crippen molar-refractivity contribution in [3.63, 3.8) is 0 Å². The molecule has 33 heavy (non-hydrogen) atoms. The first-order chi connectivity index (χ1) is 16.0. The molecule has 0 bridgehead atoms. The van der Waals surface area contributed by atoms with Gasteiger partial charge in [0.25, 0.3) is 5.91 Å². The summed E-state index contributed by atoms with van der Waals surface area (Å²) in [5.74, 6) is -0.900. The number of H-pyrrole nitrogens is 1. The number of aromatic nitrogens is 2. The Balaban J connectivity index is 1.49. The molecule has 4 rings (SSSR count). The molecule has 2 unspecified atom stereocenters. The molecule has 0 fully saturated rings. The standard InChI is InChI=1S/C26H28N4O3/c1-16(2)24(26(33)28-18(15-31)12-17-8-4-3-5-9-17)30-25(32)22-13-20-19-10-6-7-11-21(19)29-23(20)14-27-22/h3-11,13-14,16,18,24,29,31H,12,15H2,1-2H3,(H,28,33)(H,30,32). The average molecular weight is 445 g/mol. The lowest BCUT2D eigenvalue weighted by Crippen LogP contribution is -2.53. The number of pyridine rings is 1. The third kappa shape index (κ3) is 5.04. The van der Waals surface area contributed by atoms with Gasteiger partial charge in [-0.2, -0.15) is 0 Å². The van der Waals surface area contributed by atoms with Crippen LogP contribution in [0.15, 0.2) is 66.9 Å². The smallest absolute Gasteiger partial charge is 0.270 e. The molecule has 0 aliphatic rings. The maximum atomic E-state index is 13.0. The molecule has 7 nitrogen and oxygen atoms in total. The predicted octanol–water partition coefficient (Wildman–Crippen LogP) is 3.19. The summed E-state index contributed by atoms with van der Waals surface area (Å²) in [5, 5.41) is 17.4. The van der Waals surface area contributed by atoms with Crippen LogP contribution in [-0.2, 0) is 11.2 Å². The largest absolute Gasteiger partial charge is 0.394 e. The van der Waals surface area contributed by atoms with Crippen molar-refractivity contribution in [2.75, 3.05) is 6.61 Å². The maximum Gasteiger partial charge on any atom is 0.270 e. The number of aliphatic hydroxyl groups is 1. The van der Waals surface area contributed by atoms with E-state index in [1.54, 1.807) is 12.3 Å². The number of hydrogen-bond donors (Lipinski definition) is 4. The van der Waals surface area contributed by atoms with Crippen LogP contribution in [0.3, 0.4) is 0 Å². The summed E-state index contributed by atoms with van der Waals surface area (Å²) in [7, 11) is 0. The number of rotatable bonds is 8. The van der Waals surface area contributed by atoms with Gasteiger partial charge in [-0.1, -0.05) is 62.4 Å². The van der Waals surface area contributed by atoms with Gasteiger partial charge in [-0.05, 0) is 30.0 Å². The number of aromatic amines is 1. The topological polar surface area (TPSA) is 107 Å². The zero-order valence-corrected chi connectivity index (χ0v) is 18.7. The van der Waals surface area contributed by atoms with Gasteiger partial charge in [0.2, 0.25) is 5.91 Å². The minimum Gasteiger partial charge on any atom is -0.394 e. The third-order valence-electron chi connectivity index (χ3n) is 5.75. The number of fused-ring (bicyclic) bond motifs is 3. The summed E-state index contributed by atoms with van der Waals surface area (Å²) in [6, 6.07) is 18.0. The molecule has 0 saturated carbocycles. The van der Waals surface area contributed by atoms with Crippen molar-refractivity contribution in [2.45, 2.75) is 32.4 Å². The van der Waals surface area contributed by atoms with Crippen LogP contribution in [0, 0.1) is 5.92 Å². The van der Waals surface area contributed by atoms with Crippen molar-refractivity contribution in [3.8, 4) is 0 Å². The van der Waals surface area contributed by atoms with Gasteiger partial charge in [0.1, 0.15) is 11.7 Å². The van der Waals surface area contributed by atoms with Crippen LogP contribution in [0.5, 0.6) is 0 Å². The van der Waals surface area contributed by atoms with Crippen molar-refractivity contribution in [3.05, 3.63) is 78.1 Å². The number of benzene rings is 2. The van der Waals surface area contributed by atoms with Crippen LogP contribution in [0.2, 0.25) is 0 Å². The van der Waals surface area contributed by atoms with E-state index in [0.717, 1.165) is 27.4 Å². The van der Waals surface area contributed by atoms with Gasteiger partial charge in [0.05, 0.1) is 24.4 Å². The summed E-state index contributed by atoms with van der Waals surface area (Å²) in [4.78, 5) is 33.6. The number of nitrogens with one attached hydrogen (secondary N) is 3. The first-order valence-electron chi connectivity index (χ1n) is 11.1. The molecule has 7 heteroatoms. The van der Waals surface area contributed by atoms with Crippen LogP contribution < -0.4 is 10.6 Å². The van der Waals surface area contributed by atoms with E-state index in [9.17, 15) is 14.7 Å². The molecule has 0 aliphatic heterocycles. The minimum absolute atomic E-state index is 0.151. The highest BCUT2D eigenvalue weighted by atomic mass is 16.3. The molecule has 2 heterocycles. The fourth-order valence-corrected chi connectivity index (χ4v) is 3.98. The molecule has 0 saturated heterocycles. The maximum absolute atomic E-state index is 13.0. The lowest BCUT2D eigenvalue weighted by atomic mass is 10.0. The Kier molecular flexibility index (Phi) is 6.70. The summed E-state index contributed by atoms with van der Waals surface area (Å²) in [5.41, 5.74) is 3.07. The Morgan fingerprint density at radius 1 is 0.970 bits per heavy atom. The van der Waals surface area contributed by atoms with Crippen molar-refractivity contribution in [1.82, 2.24) is 20.6 Å². The molecule has 2 aromatic heterocycles. The zero-order valence-electron chi connectivity index (χ0n) is 18.7. The van der Waals surface area contributed by atoms with E-state index in [1.807, 2.05) is 68.4 Å². The summed E-state index contributed by atoms with van der Waals surface area (Å²) in [6.45, 7) is 3.54. The van der Waals surface area contributed by atoms with Crippen LogP contribution in [0.4, 0.5) is 0 Å². The highest BCUT2D eigenvalue weighted by Crippen LogP contribution is 2.25. The van der Waals surface area contributed by atoms with Gasteiger partial charge in [0, 0.05) is 16.3 Å². The molecule has 0 spiro atoms. The molecule has 4 aromatic rings. The predicted molar refractivity (Wildman–Crippen MR) is 129 cm³/mol. The Bertz CT molecular complexity index is 1270. The van der Waals surface area contributed by atoms with E-state index in [0.29, 0.717) is 6.42 Å². The molecule has 2 aromatic carbocycles. The second-order valence-electron chi connectivity index (χ2n) is 8.56. The number of amides is 2. The van der Waals surface area contributed by atoms with Crippen molar-refractivity contribution in [1.29, 1.82) is 0 Å². The van der Waals surface area contributed by atoms with E-state index < -0.39 is 18.0 Å². The van der Waals surface area contributed by atoms with Crippen LogP contribution in [0.1, 0.15) is 29.9 Å². The lowest BCUT2D eigenvalue weighted by molar-refractivity contribution is -0.125. The van der Waals surface area contributed by atoms with Gasteiger partial charge < -0.3 is 20.7 Å². The van der Waals surface area contributed by atoms with Gasteiger partial charge >= 0.3 is 0 Å². The van der Waals surface area contributed by atoms with Crippen LogP contribution in [0.25, 0.3) is 21.8 Å². The van der Waals surface area contributed by atoms with Crippen LogP contribution >= 0.6 is 0 Å². The van der Waals surface area contributed by atoms with E-state index in [1.165, 1.54) is 0 Å².